The molecule has 0 saturated carbocycles. The molecule has 8 heteroatoms. The molecule has 1 aromatic heterocycles. The van der Waals surface area contributed by atoms with Crippen LogP contribution in [0.4, 0.5) is 0 Å². The molecule has 1 aliphatic heterocycles. The van der Waals surface area contributed by atoms with Crippen LogP contribution in [0, 0.1) is 6.92 Å². The second-order valence-electron chi connectivity index (χ2n) is 6.87. The molecule has 0 bridgehead atoms. The van der Waals surface area contributed by atoms with Crippen LogP contribution in [-0.2, 0) is 0 Å². The quantitative estimate of drug-likeness (QED) is 0.298. The Morgan fingerprint density at radius 2 is 1.72 bits per heavy atom. The van der Waals surface area contributed by atoms with Crippen molar-refractivity contribution in [3.8, 4) is 28.7 Å². The minimum atomic E-state index is -0.626. The van der Waals surface area contributed by atoms with Crippen LogP contribution in [0.25, 0.3) is 6.08 Å². The summed E-state index contributed by atoms with van der Waals surface area (Å²) in [6.45, 7) is 1.97. The standard InChI is InChI=1S/C24H20O7S/c1-13-7-8-32-21(13)12-18-22(25)16-6-5-15(11-17(16)31-18)30-24(26)14-9-19(27-2)23(29-4)20(10-14)28-3/h5-12H,1-4H3/b18-12-. The first-order chi connectivity index (χ1) is 15.4. The lowest BCUT2D eigenvalue weighted by Gasteiger charge is -2.13. The van der Waals surface area contributed by atoms with Gasteiger partial charge in [0.05, 0.1) is 32.5 Å². The number of methoxy groups -OCH3 is 3. The Morgan fingerprint density at radius 3 is 2.31 bits per heavy atom. The summed E-state index contributed by atoms with van der Waals surface area (Å²) in [7, 11) is 4.40. The van der Waals surface area contributed by atoms with Crippen LogP contribution < -0.4 is 23.7 Å². The zero-order valence-electron chi connectivity index (χ0n) is 17.9. The maximum absolute atomic E-state index is 12.7. The summed E-state index contributed by atoms with van der Waals surface area (Å²) in [6.07, 6.45) is 1.73. The number of esters is 1. The van der Waals surface area contributed by atoms with Crippen LogP contribution in [0.15, 0.2) is 47.5 Å². The largest absolute Gasteiger partial charge is 0.493 e. The number of carbonyl (C=O) groups excluding carboxylic acids is 2. The number of hydrogen-bond donors (Lipinski definition) is 0. The highest BCUT2D eigenvalue weighted by atomic mass is 32.1. The number of rotatable bonds is 6. The van der Waals surface area contributed by atoms with Crippen molar-refractivity contribution in [1.29, 1.82) is 0 Å². The second-order valence-corrected chi connectivity index (χ2v) is 7.82. The molecule has 0 radical (unpaired) electrons. The van der Waals surface area contributed by atoms with E-state index in [1.807, 2.05) is 18.4 Å². The number of Topliss-reactive ketones (excluding diaryl/α,β-unsaturated/α-hetero) is 1. The van der Waals surface area contributed by atoms with Crippen LogP contribution in [-0.4, -0.2) is 33.1 Å². The van der Waals surface area contributed by atoms with Crippen LogP contribution in [0.3, 0.4) is 0 Å². The Morgan fingerprint density at radius 1 is 1.00 bits per heavy atom. The van der Waals surface area contributed by atoms with E-state index in [0.29, 0.717) is 28.6 Å². The molecule has 0 atom stereocenters. The first-order valence-electron chi connectivity index (χ1n) is 9.59. The van der Waals surface area contributed by atoms with Crippen molar-refractivity contribution in [2.24, 2.45) is 0 Å². The van der Waals surface area contributed by atoms with Gasteiger partial charge in [0.1, 0.15) is 11.5 Å². The van der Waals surface area contributed by atoms with E-state index in [2.05, 4.69) is 0 Å². The highest BCUT2D eigenvalue weighted by Gasteiger charge is 2.28. The SMILES string of the molecule is COc1cc(C(=O)Oc2ccc3c(c2)O/C(=C\c2sccc2C)C3=O)cc(OC)c1OC. The van der Waals surface area contributed by atoms with Crippen LogP contribution in [0.5, 0.6) is 28.7 Å². The monoisotopic (exact) mass is 452 g/mol. The molecule has 1 aliphatic rings. The lowest BCUT2D eigenvalue weighted by Crippen LogP contribution is -2.09. The maximum Gasteiger partial charge on any atom is 0.343 e. The highest BCUT2D eigenvalue weighted by molar-refractivity contribution is 7.11. The topological polar surface area (TPSA) is 80.3 Å². The average molecular weight is 452 g/mol. The van der Waals surface area contributed by atoms with Gasteiger partial charge in [0.2, 0.25) is 11.5 Å². The van der Waals surface area contributed by atoms with Crippen LogP contribution in [0.2, 0.25) is 0 Å². The summed E-state index contributed by atoms with van der Waals surface area (Å²) in [5, 5.41) is 1.95. The third-order valence-corrected chi connectivity index (χ3v) is 5.88. The third-order valence-electron chi connectivity index (χ3n) is 4.92. The van der Waals surface area contributed by atoms with Crippen molar-refractivity contribution in [3.63, 3.8) is 0 Å². The number of carbonyl (C=O) groups is 2. The smallest absolute Gasteiger partial charge is 0.343 e. The zero-order valence-corrected chi connectivity index (χ0v) is 18.7. The van der Waals surface area contributed by atoms with Gasteiger partial charge in [0.15, 0.2) is 17.3 Å². The number of benzene rings is 2. The van der Waals surface area contributed by atoms with E-state index >= 15 is 0 Å². The summed E-state index contributed by atoms with van der Waals surface area (Å²) in [4.78, 5) is 26.3. The maximum atomic E-state index is 12.7. The average Bonchev–Trinajstić information content (AvgIpc) is 3.34. The molecule has 3 aromatic rings. The number of ketones is 1. The summed E-state index contributed by atoms with van der Waals surface area (Å²) < 4.78 is 27.1. The van der Waals surface area contributed by atoms with Crippen molar-refractivity contribution in [3.05, 3.63) is 69.1 Å². The molecule has 164 valence electrons. The van der Waals surface area contributed by atoms with Gasteiger partial charge in [-0.2, -0.15) is 0 Å². The highest BCUT2D eigenvalue weighted by Crippen LogP contribution is 2.39. The summed E-state index contributed by atoms with van der Waals surface area (Å²) in [5.74, 6) is 1.01. The van der Waals surface area contributed by atoms with Crippen molar-refractivity contribution < 1.29 is 33.3 Å². The molecule has 0 N–H and O–H groups in total. The molecule has 0 aliphatic carbocycles. The second kappa shape index (κ2) is 8.76. The van der Waals surface area contributed by atoms with Crippen LogP contribution in [0.1, 0.15) is 31.2 Å². The van der Waals surface area contributed by atoms with Gasteiger partial charge in [-0.15, -0.1) is 11.3 Å². The summed E-state index contributed by atoms with van der Waals surface area (Å²) in [5.41, 5.74) is 1.69. The number of allylic oxidation sites excluding steroid dienone is 1. The van der Waals surface area contributed by atoms with Crippen molar-refractivity contribution in [2.75, 3.05) is 21.3 Å². The first-order valence-corrected chi connectivity index (χ1v) is 10.5. The van der Waals surface area contributed by atoms with Gasteiger partial charge in [0.25, 0.3) is 0 Å². The fourth-order valence-electron chi connectivity index (χ4n) is 3.25. The fraction of sp³-hybridized carbons (Fsp3) is 0.167. The summed E-state index contributed by atoms with van der Waals surface area (Å²) in [6, 6.07) is 9.63. The van der Waals surface area contributed by atoms with E-state index in [0.717, 1.165) is 10.4 Å². The molecule has 2 heterocycles. The Balaban J connectivity index is 1.57. The number of thiophene rings is 1. The minimum absolute atomic E-state index is 0.213. The van der Waals surface area contributed by atoms with Gasteiger partial charge < -0.3 is 23.7 Å². The Kier molecular flexibility index (Phi) is 5.87. The lowest BCUT2D eigenvalue weighted by atomic mass is 10.1. The van der Waals surface area contributed by atoms with Gasteiger partial charge >= 0.3 is 5.97 Å². The zero-order chi connectivity index (χ0) is 22.8. The third kappa shape index (κ3) is 3.92. The fourth-order valence-corrected chi connectivity index (χ4v) is 4.09. The van der Waals surface area contributed by atoms with E-state index < -0.39 is 5.97 Å². The van der Waals surface area contributed by atoms with E-state index in [1.165, 1.54) is 50.9 Å². The first kappa shape index (κ1) is 21.5. The molecule has 0 amide bonds. The predicted octanol–water partition coefficient (Wildman–Crippen LogP) is 4.92. The molecule has 0 fully saturated rings. The number of hydrogen-bond acceptors (Lipinski definition) is 8. The van der Waals surface area contributed by atoms with E-state index in [-0.39, 0.29) is 22.9 Å². The Hall–Kier alpha value is -3.78. The molecule has 7 nitrogen and oxygen atoms in total. The number of ether oxygens (including phenoxy) is 5. The van der Waals surface area contributed by atoms with Crippen LogP contribution >= 0.6 is 11.3 Å². The molecule has 0 unspecified atom stereocenters. The van der Waals surface area contributed by atoms with Crippen molar-refractivity contribution >= 4 is 29.2 Å². The van der Waals surface area contributed by atoms with Crippen molar-refractivity contribution in [2.45, 2.75) is 6.92 Å². The van der Waals surface area contributed by atoms with Gasteiger partial charge in [-0.3, -0.25) is 4.79 Å². The predicted molar refractivity (Wildman–Crippen MR) is 119 cm³/mol. The number of fused-ring (bicyclic) bond motifs is 1. The molecule has 0 spiro atoms. The normalized spacial score (nSPS) is 13.5. The molecule has 0 saturated heterocycles. The molecular formula is C24H20O7S. The van der Waals surface area contributed by atoms with Gasteiger partial charge in [-0.05, 0) is 48.2 Å². The minimum Gasteiger partial charge on any atom is -0.493 e. The Labute approximate surface area is 188 Å². The molecular weight excluding hydrogens is 432 g/mol. The van der Waals surface area contributed by atoms with E-state index in [4.69, 9.17) is 23.7 Å². The van der Waals surface area contributed by atoms with Crippen molar-refractivity contribution in [1.82, 2.24) is 0 Å². The van der Waals surface area contributed by atoms with Gasteiger partial charge in [-0.25, -0.2) is 4.79 Å². The molecule has 2 aromatic carbocycles. The van der Waals surface area contributed by atoms with Gasteiger partial charge in [0, 0.05) is 17.0 Å². The molecule has 4 rings (SSSR count). The molecule has 32 heavy (non-hydrogen) atoms. The van der Waals surface area contributed by atoms with Gasteiger partial charge in [-0.1, -0.05) is 0 Å². The Bertz CT molecular complexity index is 1210. The van der Waals surface area contributed by atoms with E-state index in [1.54, 1.807) is 18.2 Å². The van der Waals surface area contributed by atoms with E-state index in [9.17, 15) is 9.59 Å². The number of aryl methyl sites for hydroxylation is 1. The summed E-state index contributed by atoms with van der Waals surface area (Å²) >= 11 is 1.53. The lowest BCUT2D eigenvalue weighted by molar-refractivity contribution is 0.0733.